The topological polar surface area (TPSA) is 101 Å². The number of carbonyl (C=O) groups is 2. The summed E-state index contributed by atoms with van der Waals surface area (Å²) < 4.78 is 6.88. The Bertz CT molecular complexity index is 1490. The molecule has 0 radical (unpaired) electrons. The number of hydrogen-bond donors (Lipinski definition) is 3. The smallest absolute Gasteiger partial charge is 0.273 e. The van der Waals surface area contributed by atoms with Crippen molar-refractivity contribution in [1.82, 2.24) is 25.6 Å². The molecule has 5 aromatic rings. The lowest BCUT2D eigenvalue weighted by molar-refractivity contribution is -0.121. The van der Waals surface area contributed by atoms with Crippen LogP contribution in [0.2, 0.25) is 0 Å². The Kier molecular flexibility index (Phi) is 6.00. The van der Waals surface area contributed by atoms with Crippen LogP contribution in [0.25, 0.3) is 27.8 Å². The number of fused-ring (bicyclic) bond motifs is 1. The van der Waals surface area contributed by atoms with Crippen molar-refractivity contribution in [1.29, 1.82) is 0 Å². The Morgan fingerprint density at radius 2 is 1.69 bits per heavy atom. The van der Waals surface area contributed by atoms with Crippen LogP contribution in [-0.4, -0.2) is 33.7 Å². The molecule has 0 aliphatic rings. The van der Waals surface area contributed by atoms with E-state index in [1.165, 1.54) is 0 Å². The van der Waals surface area contributed by atoms with Crippen molar-refractivity contribution in [3.63, 3.8) is 0 Å². The van der Waals surface area contributed by atoms with E-state index in [0.29, 0.717) is 17.0 Å². The summed E-state index contributed by atoms with van der Waals surface area (Å²) in [7, 11) is 1.59. The van der Waals surface area contributed by atoms with Crippen LogP contribution in [0.15, 0.2) is 91.3 Å². The standard InChI is InChI=1S/C27H23N5O3/c1-35-21-13-11-18(12-14-21)26-23(17-32(31-26)20-7-3-2-4-8-20)27(34)30-29-25(33)15-19-16-28-24-10-6-5-9-22(19)24/h2-14,16-17,28H,15H2,1H3,(H,29,33)(H,30,34). The minimum absolute atomic E-state index is 0.124. The van der Waals surface area contributed by atoms with Crippen LogP contribution in [0, 0.1) is 0 Å². The highest BCUT2D eigenvalue weighted by atomic mass is 16.5. The predicted molar refractivity (Wildman–Crippen MR) is 133 cm³/mol. The molecule has 8 heteroatoms. The maximum Gasteiger partial charge on any atom is 0.273 e. The van der Waals surface area contributed by atoms with E-state index in [4.69, 9.17) is 4.74 Å². The van der Waals surface area contributed by atoms with Crippen molar-refractivity contribution in [2.45, 2.75) is 6.42 Å². The molecule has 0 atom stereocenters. The number of benzene rings is 3. The van der Waals surface area contributed by atoms with E-state index in [2.05, 4.69) is 20.9 Å². The zero-order valence-corrected chi connectivity index (χ0v) is 19.0. The molecule has 2 heterocycles. The number of nitrogens with one attached hydrogen (secondary N) is 3. The summed E-state index contributed by atoms with van der Waals surface area (Å²) in [5, 5.41) is 5.62. The molecule has 8 nitrogen and oxygen atoms in total. The van der Waals surface area contributed by atoms with Crippen molar-refractivity contribution >= 4 is 22.7 Å². The summed E-state index contributed by atoms with van der Waals surface area (Å²) in [6.07, 6.45) is 3.58. The van der Waals surface area contributed by atoms with Crippen LogP contribution in [0.1, 0.15) is 15.9 Å². The number of nitrogens with zero attached hydrogens (tertiary/aromatic N) is 2. The van der Waals surface area contributed by atoms with Crippen molar-refractivity contribution in [2.75, 3.05) is 7.11 Å². The van der Waals surface area contributed by atoms with Crippen LogP contribution < -0.4 is 15.6 Å². The maximum absolute atomic E-state index is 13.1. The van der Waals surface area contributed by atoms with E-state index >= 15 is 0 Å². The first-order chi connectivity index (χ1) is 17.1. The highest BCUT2D eigenvalue weighted by Gasteiger charge is 2.20. The van der Waals surface area contributed by atoms with Gasteiger partial charge in [-0.25, -0.2) is 4.68 Å². The minimum atomic E-state index is -0.467. The lowest BCUT2D eigenvalue weighted by Gasteiger charge is -2.08. The minimum Gasteiger partial charge on any atom is -0.497 e. The Balaban J connectivity index is 1.36. The SMILES string of the molecule is COc1ccc(-c2nn(-c3ccccc3)cc2C(=O)NNC(=O)Cc2c[nH]c3ccccc23)cc1. The second-order valence-electron chi connectivity index (χ2n) is 7.94. The number of para-hydroxylation sites is 2. The first-order valence-corrected chi connectivity index (χ1v) is 11.1. The summed E-state index contributed by atoms with van der Waals surface area (Å²) >= 11 is 0. The van der Waals surface area contributed by atoms with Crippen molar-refractivity contribution < 1.29 is 14.3 Å². The number of methoxy groups -OCH3 is 1. The van der Waals surface area contributed by atoms with Gasteiger partial charge in [-0.15, -0.1) is 0 Å². The summed E-state index contributed by atoms with van der Waals surface area (Å²) in [6, 6.07) is 24.5. The van der Waals surface area contributed by atoms with Gasteiger partial charge in [0.15, 0.2) is 0 Å². The van der Waals surface area contributed by atoms with Gasteiger partial charge in [0, 0.05) is 28.9 Å². The fraction of sp³-hybridized carbons (Fsp3) is 0.0741. The molecule has 0 saturated carbocycles. The van der Waals surface area contributed by atoms with E-state index in [1.807, 2.05) is 78.9 Å². The molecule has 0 aliphatic heterocycles. The molecular formula is C27H23N5O3. The molecular weight excluding hydrogens is 442 g/mol. The van der Waals surface area contributed by atoms with Crippen molar-refractivity contribution in [2.24, 2.45) is 0 Å². The number of H-pyrrole nitrogens is 1. The van der Waals surface area contributed by atoms with Gasteiger partial charge in [-0.3, -0.25) is 20.4 Å². The lowest BCUT2D eigenvalue weighted by Crippen LogP contribution is -2.42. The zero-order chi connectivity index (χ0) is 24.2. The number of amides is 2. The number of hydrazine groups is 1. The predicted octanol–water partition coefficient (Wildman–Crippen LogP) is 4.03. The van der Waals surface area contributed by atoms with Crippen molar-refractivity contribution in [3.05, 3.63) is 102 Å². The van der Waals surface area contributed by atoms with Gasteiger partial charge >= 0.3 is 0 Å². The highest BCUT2D eigenvalue weighted by Crippen LogP contribution is 2.26. The van der Waals surface area contributed by atoms with E-state index in [-0.39, 0.29) is 12.3 Å². The largest absolute Gasteiger partial charge is 0.497 e. The number of carbonyl (C=O) groups excluding carboxylic acids is 2. The van der Waals surface area contributed by atoms with Gasteiger partial charge in [0.05, 0.1) is 24.8 Å². The lowest BCUT2D eigenvalue weighted by atomic mass is 10.1. The van der Waals surface area contributed by atoms with Gasteiger partial charge in [0.2, 0.25) is 5.91 Å². The first-order valence-electron chi connectivity index (χ1n) is 11.1. The number of aromatic amines is 1. The van der Waals surface area contributed by atoms with Crippen LogP contribution >= 0.6 is 0 Å². The normalized spacial score (nSPS) is 10.8. The third-order valence-electron chi connectivity index (χ3n) is 5.68. The number of rotatable bonds is 6. The molecule has 0 fully saturated rings. The van der Waals surface area contributed by atoms with E-state index in [0.717, 1.165) is 27.7 Å². The van der Waals surface area contributed by atoms with E-state index in [9.17, 15) is 9.59 Å². The molecule has 0 bridgehead atoms. The summed E-state index contributed by atoms with van der Waals surface area (Å²) in [5.41, 5.74) is 9.22. The first kappa shape index (κ1) is 22.0. The van der Waals surface area contributed by atoms with Crippen LogP contribution in [0.4, 0.5) is 0 Å². The molecule has 3 aromatic carbocycles. The Hall–Kier alpha value is -4.85. The Morgan fingerprint density at radius 1 is 0.943 bits per heavy atom. The van der Waals surface area contributed by atoms with Gasteiger partial charge in [-0.2, -0.15) is 5.10 Å². The van der Waals surface area contributed by atoms with E-state index < -0.39 is 5.91 Å². The molecule has 0 unspecified atom stereocenters. The second kappa shape index (κ2) is 9.56. The molecule has 3 N–H and O–H groups in total. The number of aromatic nitrogens is 3. The molecule has 0 aliphatic carbocycles. The quantitative estimate of drug-likeness (QED) is 0.330. The van der Waals surface area contributed by atoms with E-state index in [1.54, 1.807) is 24.2 Å². The van der Waals surface area contributed by atoms with Gasteiger partial charge < -0.3 is 9.72 Å². The average Bonchev–Trinajstić information content (AvgIpc) is 3.53. The molecule has 0 spiro atoms. The fourth-order valence-corrected chi connectivity index (χ4v) is 3.90. The summed E-state index contributed by atoms with van der Waals surface area (Å²) in [4.78, 5) is 28.8. The van der Waals surface area contributed by atoms with Crippen molar-refractivity contribution in [3.8, 4) is 22.7 Å². The summed E-state index contributed by atoms with van der Waals surface area (Å²) in [5.74, 6) is -0.0957. The molecule has 2 aromatic heterocycles. The Morgan fingerprint density at radius 3 is 2.46 bits per heavy atom. The third kappa shape index (κ3) is 4.63. The molecule has 0 saturated heterocycles. The Labute approximate surface area is 201 Å². The zero-order valence-electron chi connectivity index (χ0n) is 19.0. The van der Waals surface area contributed by atoms with Crippen LogP contribution in [0.5, 0.6) is 5.75 Å². The number of hydrogen-bond acceptors (Lipinski definition) is 4. The van der Waals surface area contributed by atoms with Gasteiger partial charge in [0.1, 0.15) is 11.4 Å². The monoisotopic (exact) mass is 465 g/mol. The van der Waals surface area contributed by atoms with Gasteiger partial charge in [-0.05, 0) is 48.0 Å². The highest BCUT2D eigenvalue weighted by molar-refractivity contribution is 6.01. The third-order valence-corrected chi connectivity index (χ3v) is 5.68. The number of ether oxygens (including phenoxy) is 1. The molecule has 2 amide bonds. The van der Waals surface area contributed by atoms with Gasteiger partial charge in [-0.1, -0.05) is 36.4 Å². The molecule has 5 rings (SSSR count). The average molecular weight is 466 g/mol. The fourth-order valence-electron chi connectivity index (χ4n) is 3.90. The molecule has 174 valence electrons. The molecule has 35 heavy (non-hydrogen) atoms. The van der Waals surface area contributed by atoms with Gasteiger partial charge in [0.25, 0.3) is 5.91 Å². The second-order valence-corrected chi connectivity index (χ2v) is 7.94. The summed E-state index contributed by atoms with van der Waals surface area (Å²) in [6.45, 7) is 0. The van der Waals surface area contributed by atoms with Crippen LogP contribution in [-0.2, 0) is 11.2 Å². The van der Waals surface area contributed by atoms with Crippen LogP contribution in [0.3, 0.4) is 0 Å². The maximum atomic E-state index is 13.1.